The van der Waals surface area contributed by atoms with Crippen molar-refractivity contribution in [2.75, 3.05) is 13.1 Å². The van der Waals surface area contributed by atoms with Crippen LogP contribution in [-0.4, -0.2) is 18.0 Å². The first-order chi connectivity index (χ1) is 8.83. The largest absolute Gasteiger partial charge is 0.296 e. The monoisotopic (exact) mass is 307 g/mol. The van der Waals surface area contributed by atoms with Gasteiger partial charge in [0.05, 0.1) is 0 Å². The average molecular weight is 308 g/mol. The minimum absolute atomic E-state index is 0.679. The van der Waals surface area contributed by atoms with E-state index >= 15 is 0 Å². The van der Waals surface area contributed by atoms with Crippen LogP contribution < -0.4 is 0 Å². The molecule has 1 atom stereocenters. The summed E-state index contributed by atoms with van der Waals surface area (Å²) in [7, 11) is 0. The lowest BCUT2D eigenvalue weighted by Gasteiger charge is -2.27. The van der Waals surface area contributed by atoms with Crippen LogP contribution in [0.25, 0.3) is 0 Å². The summed E-state index contributed by atoms with van der Waals surface area (Å²) in [5.74, 6) is 0.973. The molecule has 1 aliphatic carbocycles. The second-order valence-corrected chi connectivity index (χ2v) is 6.77. The van der Waals surface area contributed by atoms with E-state index in [4.69, 9.17) is 0 Å². The van der Waals surface area contributed by atoms with Crippen molar-refractivity contribution < 1.29 is 0 Å². The van der Waals surface area contributed by atoms with Crippen LogP contribution in [0.4, 0.5) is 0 Å². The zero-order valence-electron chi connectivity index (χ0n) is 10.9. The van der Waals surface area contributed by atoms with Gasteiger partial charge in [0.2, 0.25) is 0 Å². The number of benzene rings is 1. The first kappa shape index (κ1) is 12.7. The van der Waals surface area contributed by atoms with Gasteiger partial charge in [0.1, 0.15) is 0 Å². The van der Waals surface area contributed by atoms with Crippen LogP contribution in [0.5, 0.6) is 0 Å². The molecule has 98 valence electrons. The van der Waals surface area contributed by atoms with Crippen LogP contribution in [0.3, 0.4) is 0 Å². The molecule has 1 aliphatic heterocycles. The molecule has 18 heavy (non-hydrogen) atoms. The molecule has 0 amide bonds. The van der Waals surface area contributed by atoms with E-state index in [1.54, 1.807) is 0 Å². The summed E-state index contributed by atoms with van der Waals surface area (Å²) >= 11 is 3.53. The Balaban J connectivity index is 1.68. The van der Waals surface area contributed by atoms with Crippen molar-refractivity contribution >= 4 is 15.9 Å². The summed E-state index contributed by atoms with van der Waals surface area (Å²) in [4.78, 5) is 2.74. The third-order valence-electron chi connectivity index (χ3n) is 4.59. The number of hydrogen-bond donors (Lipinski definition) is 0. The van der Waals surface area contributed by atoms with Gasteiger partial charge < -0.3 is 0 Å². The maximum atomic E-state index is 3.53. The Labute approximate surface area is 119 Å². The molecule has 1 unspecified atom stereocenters. The molecule has 0 radical (unpaired) electrons. The minimum Gasteiger partial charge on any atom is -0.296 e. The molecule has 2 heteroatoms. The number of rotatable bonds is 3. The highest BCUT2D eigenvalue weighted by Gasteiger charge is 2.28. The molecule has 1 aromatic rings. The molecule has 1 heterocycles. The van der Waals surface area contributed by atoms with Gasteiger partial charge in [0.25, 0.3) is 0 Å². The number of nitrogens with zero attached hydrogens (tertiary/aromatic N) is 1. The molecule has 3 rings (SSSR count). The topological polar surface area (TPSA) is 3.24 Å². The third kappa shape index (κ3) is 2.80. The molecule has 2 aliphatic rings. The quantitative estimate of drug-likeness (QED) is 0.777. The van der Waals surface area contributed by atoms with Gasteiger partial charge >= 0.3 is 0 Å². The van der Waals surface area contributed by atoms with Gasteiger partial charge in [-0.2, -0.15) is 0 Å². The Bertz CT molecular complexity index is 381. The van der Waals surface area contributed by atoms with Crippen LogP contribution in [0.2, 0.25) is 0 Å². The molecule has 0 aromatic heterocycles. The predicted octanol–water partition coefficient (Wildman–Crippen LogP) is 4.78. The Hall–Kier alpha value is -0.340. The maximum absolute atomic E-state index is 3.53. The SMILES string of the molecule is Brc1ccc(C2CCCN2CC2CCCC2)cc1. The van der Waals surface area contributed by atoms with Crippen molar-refractivity contribution in [2.24, 2.45) is 5.92 Å². The van der Waals surface area contributed by atoms with Gasteiger partial charge in [-0.3, -0.25) is 4.90 Å². The van der Waals surface area contributed by atoms with Crippen molar-refractivity contribution in [1.82, 2.24) is 4.90 Å². The van der Waals surface area contributed by atoms with Crippen LogP contribution in [0.15, 0.2) is 28.7 Å². The summed E-state index contributed by atoms with van der Waals surface area (Å²) in [5.41, 5.74) is 1.51. The van der Waals surface area contributed by atoms with E-state index < -0.39 is 0 Å². The number of likely N-dealkylation sites (tertiary alicyclic amines) is 1. The van der Waals surface area contributed by atoms with Gasteiger partial charge in [-0.1, -0.05) is 40.9 Å². The molecule has 0 N–H and O–H groups in total. The number of hydrogen-bond acceptors (Lipinski definition) is 1. The highest BCUT2D eigenvalue weighted by atomic mass is 79.9. The van der Waals surface area contributed by atoms with E-state index in [2.05, 4.69) is 45.1 Å². The molecule has 0 spiro atoms. The predicted molar refractivity (Wildman–Crippen MR) is 79.6 cm³/mol. The second kappa shape index (κ2) is 5.75. The lowest BCUT2D eigenvalue weighted by Crippen LogP contribution is -2.28. The highest BCUT2D eigenvalue weighted by Crippen LogP contribution is 2.35. The smallest absolute Gasteiger partial charge is 0.0348 e. The van der Waals surface area contributed by atoms with Crippen molar-refractivity contribution in [3.63, 3.8) is 0 Å². The fraction of sp³-hybridized carbons (Fsp3) is 0.625. The lowest BCUT2D eigenvalue weighted by atomic mass is 10.0. The molecule has 1 saturated carbocycles. The zero-order chi connectivity index (χ0) is 12.4. The van der Waals surface area contributed by atoms with Crippen molar-refractivity contribution in [2.45, 2.75) is 44.6 Å². The van der Waals surface area contributed by atoms with Crippen LogP contribution >= 0.6 is 15.9 Å². The van der Waals surface area contributed by atoms with Gasteiger partial charge in [0.15, 0.2) is 0 Å². The fourth-order valence-electron chi connectivity index (χ4n) is 3.63. The van der Waals surface area contributed by atoms with Gasteiger partial charge in [-0.25, -0.2) is 0 Å². The first-order valence-corrected chi connectivity index (χ1v) is 8.12. The molecular weight excluding hydrogens is 286 g/mol. The zero-order valence-corrected chi connectivity index (χ0v) is 12.5. The molecule has 2 fully saturated rings. The molecule has 1 nitrogen and oxygen atoms in total. The van der Waals surface area contributed by atoms with E-state index in [-0.39, 0.29) is 0 Å². The Kier molecular flexibility index (Phi) is 4.05. The van der Waals surface area contributed by atoms with Crippen molar-refractivity contribution in [3.8, 4) is 0 Å². The van der Waals surface area contributed by atoms with Crippen LogP contribution in [0, 0.1) is 5.92 Å². The summed E-state index contributed by atoms with van der Waals surface area (Å²) in [6.45, 7) is 2.64. The summed E-state index contributed by atoms with van der Waals surface area (Å²) in [5, 5.41) is 0. The maximum Gasteiger partial charge on any atom is 0.0348 e. The van der Waals surface area contributed by atoms with Gasteiger partial charge in [-0.15, -0.1) is 0 Å². The van der Waals surface area contributed by atoms with E-state index in [9.17, 15) is 0 Å². The normalized spacial score (nSPS) is 25.9. The van der Waals surface area contributed by atoms with Gasteiger partial charge in [0, 0.05) is 17.1 Å². The fourth-order valence-corrected chi connectivity index (χ4v) is 3.90. The average Bonchev–Trinajstić information content (AvgIpc) is 3.02. The number of halogens is 1. The standard InChI is InChI=1S/C16H22BrN/c17-15-9-7-14(8-10-15)16-6-3-11-18(16)12-13-4-1-2-5-13/h7-10,13,16H,1-6,11-12H2. The van der Waals surface area contributed by atoms with E-state index in [1.807, 2.05) is 0 Å². The molecular formula is C16H22BrN. The second-order valence-electron chi connectivity index (χ2n) is 5.85. The third-order valence-corrected chi connectivity index (χ3v) is 5.11. The van der Waals surface area contributed by atoms with E-state index in [1.165, 1.54) is 61.7 Å². The van der Waals surface area contributed by atoms with Crippen molar-refractivity contribution in [1.29, 1.82) is 0 Å². The lowest BCUT2D eigenvalue weighted by molar-refractivity contribution is 0.217. The minimum atomic E-state index is 0.679. The summed E-state index contributed by atoms with van der Waals surface area (Å²) in [6.07, 6.45) is 8.55. The summed E-state index contributed by atoms with van der Waals surface area (Å²) < 4.78 is 1.19. The van der Waals surface area contributed by atoms with E-state index in [0.29, 0.717) is 6.04 Å². The van der Waals surface area contributed by atoms with Crippen molar-refractivity contribution in [3.05, 3.63) is 34.3 Å². The van der Waals surface area contributed by atoms with Crippen LogP contribution in [-0.2, 0) is 0 Å². The first-order valence-electron chi connectivity index (χ1n) is 7.32. The molecule has 0 bridgehead atoms. The van der Waals surface area contributed by atoms with Gasteiger partial charge in [-0.05, 0) is 55.8 Å². The Morgan fingerprint density at radius 3 is 2.44 bits per heavy atom. The Morgan fingerprint density at radius 1 is 1.00 bits per heavy atom. The molecule has 1 saturated heterocycles. The highest BCUT2D eigenvalue weighted by molar-refractivity contribution is 9.10. The van der Waals surface area contributed by atoms with E-state index in [0.717, 1.165) is 5.92 Å². The molecule has 1 aromatic carbocycles. The Morgan fingerprint density at radius 2 is 1.72 bits per heavy atom. The van der Waals surface area contributed by atoms with Crippen LogP contribution in [0.1, 0.15) is 50.1 Å². The summed E-state index contributed by atoms with van der Waals surface area (Å²) in [6, 6.07) is 9.63.